The number of nitrogens with one attached hydrogen (secondary N) is 1. The number of aryl methyl sites for hydroxylation is 1. The van der Waals surface area contributed by atoms with Crippen LogP contribution in [-0.4, -0.2) is 13.4 Å². The molecule has 0 saturated carbocycles. The molecule has 0 fully saturated rings. The molecule has 3 N–H and O–H groups in total. The minimum atomic E-state index is -3.63. The molecule has 2 rings (SSSR count). The zero-order valence-electron chi connectivity index (χ0n) is 11.4. The van der Waals surface area contributed by atoms with E-state index in [9.17, 15) is 8.42 Å². The van der Waals surface area contributed by atoms with Crippen molar-refractivity contribution in [3.05, 3.63) is 53.9 Å². The first-order chi connectivity index (χ1) is 9.40. The van der Waals surface area contributed by atoms with Crippen LogP contribution in [0.25, 0.3) is 0 Å². The predicted molar refractivity (Wildman–Crippen MR) is 78.8 cm³/mol. The number of anilines is 1. The molecular formula is C14H17N3O2S. The minimum absolute atomic E-state index is 0.198. The topological polar surface area (TPSA) is 85.1 Å². The Kier molecular flexibility index (Phi) is 4.06. The van der Waals surface area contributed by atoms with Gasteiger partial charge in [0.25, 0.3) is 10.0 Å². The monoisotopic (exact) mass is 291 g/mol. The lowest BCUT2D eigenvalue weighted by atomic mass is 10.1. The second-order valence-electron chi connectivity index (χ2n) is 4.66. The van der Waals surface area contributed by atoms with E-state index in [1.807, 2.05) is 6.92 Å². The maximum absolute atomic E-state index is 12.4. The van der Waals surface area contributed by atoms with Crippen LogP contribution in [0.3, 0.4) is 0 Å². The fourth-order valence-corrected chi connectivity index (χ4v) is 2.94. The highest BCUT2D eigenvalue weighted by atomic mass is 32.2. The number of benzene rings is 1. The Morgan fingerprint density at radius 2 is 2.05 bits per heavy atom. The molecule has 1 heterocycles. The van der Waals surface area contributed by atoms with E-state index in [1.54, 1.807) is 49.6 Å². The van der Waals surface area contributed by atoms with Gasteiger partial charge in [0.05, 0.1) is 10.6 Å². The van der Waals surface area contributed by atoms with Crippen LogP contribution in [0.5, 0.6) is 0 Å². The first-order valence-corrected chi connectivity index (χ1v) is 7.67. The lowest BCUT2D eigenvalue weighted by molar-refractivity contribution is 0.601. The van der Waals surface area contributed by atoms with Gasteiger partial charge < -0.3 is 5.73 Å². The van der Waals surface area contributed by atoms with Crippen molar-refractivity contribution in [3.8, 4) is 0 Å². The van der Waals surface area contributed by atoms with Crippen LogP contribution in [0.15, 0.2) is 47.6 Å². The SMILES string of the molecule is Cc1cnccc1NS(=O)(=O)c1cccc(C(C)N)c1. The molecule has 106 valence electrons. The van der Waals surface area contributed by atoms with E-state index in [1.165, 1.54) is 0 Å². The molecule has 1 unspecified atom stereocenters. The zero-order chi connectivity index (χ0) is 14.8. The number of nitrogens with two attached hydrogens (primary N) is 1. The van der Waals surface area contributed by atoms with Crippen LogP contribution in [0.2, 0.25) is 0 Å². The lowest BCUT2D eigenvalue weighted by Crippen LogP contribution is -2.15. The van der Waals surface area contributed by atoms with Gasteiger partial charge in [-0.2, -0.15) is 0 Å². The van der Waals surface area contributed by atoms with Gasteiger partial charge in [-0.05, 0) is 43.2 Å². The number of hydrogen-bond acceptors (Lipinski definition) is 4. The van der Waals surface area contributed by atoms with Crippen LogP contribution >= 0.6 is 0 Å². The summed E-state index contributed by atoms with van der Waals surface area (Å²) < 4.78 is 27.3. The summed E-state index contributed by atoms with van der Waals surface area (Å²) in [7, 11) is -3.63. The number of nitrogens with zero attached hydrogens (tertiary/aromatic N) is 1. The van der Waals surface area contributed by atoms with Crippen molar-refractivity contribution in [2.24, 2.45) is 5.73 Å². The maximum Gasteiger partial charge on any atom is 0.261 e. The highest BCUT2D eigenvalue weighted by molar-refractivity contribution is 7.92. The summed E-state index contributed by atoms with van der Waals surface area (Å²) in [6.07, 6.45) is 3.15. The Hall–Kier alpha value is -1.92. The molecule has 0 aliphatic rings. The lowest BCUT2D eigenvalue weighted by Gasteiger charge is -2.12. The highest BCUT2D eigenvalue weighted by Crippen LogP contribution is 2.20. The van der Waals surface area contributed by atoms with Gasteiger partial charge >= 0.3 is 0 Å². The van der Waals surface area contributed by atoms with Gasteiger partial charge in [-0.15, -0.1) is 0 Å². The Bertz CT molecular complexity index is 712. The number of aromatic nitrogens is 1. The van der Waals surface area contributed by atoms with E-state index < -0.39 is 10.0 Å². The van der Waals surface area contributed by atoms with E-state index in [4.69, 9.17) is 5.73 Å². The summed E-state index contributed by atoms with van der Waals surface area (Å²) in [6, 6.07) is 8.04. The molecule has 20 heavy (non-hydrogen) atoms. The second-order valence-corrected chi connectivity index (χ2v) is 6.34. The van der Waals surface area contributed by atoms with E-state index in [0.717, 1.165) is 11.1 Å². The molecule has 0 amide bonds. The first-order valence-electron chi connectivity index (χ1n) is 6.19. The van der Waals surface area contributed by atoms with Gasteiger partial charge in [-0.25, -0.2) is 8.42 Å². The van der Waals surface area contributed by atoms with Crippen LogP contribution in [0.1, 0.15) is 24.1 Å². The van der Waals surface area contributed by atoms with Crippen molar-refractivity contribution >= 4 is 15.7 Å². The molecule has 0 spiro atoms. The average Bonchev–Trinajstić information content (AvgIpc) is 2.41. The van der Waals surface area contributed by atoms with E-state index >= 15 is 0 Å². The average molecular weight is 291 g/mol. The summed E-state index contributed by atoms with van der Waals surface area (Å²) in [5, 5.41) is 0. The molecule has 0 bridgehead atoms. The molecule has 0 saturated heterocycles. The molecule has 2 aromatic rings. The third kappa shape index (κ3) is 3.15. The molecule has 1 atom stereocenters. The fourth-order valence-electron chi connectivity index (χ4n) is 1.76. The van der Waals surface area contributed by atoms with Gasteiger partial charge in [-0.3, -0.25) is 9.71 Å². The first kappa shape index (κ1) is 14.5. The van der Waals surface area contributed by atoms with Crippen LogP contribution in [0.4, 0.5) is 5.69 Å². The van der Waals surface area contributed by atoms with Crippen molar-refractivity contribution in [3.63, 3.8) is 0 Å². The molecule has 0 aliphatic heterocycles. The third-order valence-electron chi connectivity index (χ3n) is 2.96. The van der Waals surface area contributed by atoms with Crippen molar-refractivity contribution in [2.75, 3.05) is 4.72 Å². The Balaban J connectivity index is 2.36. The summed E-state index contributed by atoms with van der Waals surface area (Å²) in [5.74, 6) is 0. The number of rotatable bonds is 4. The van der Waals surface area contributed by atoms with Crippen molar-refractivity contribution in [1.82, 2.24) is 4.98 Å². The number of sulfonamides is 1. The molecular weight excluding hydrogens is 274 g/mol. The smallest absolute Gasteiger partial charge is 0.261 e. The van der Waals surface area contributed by atoms with Crippen molar-refractivity contribution in [1.29, 1.82) is 0 Å². The van der Waals surface area contributed by atoms with Crippen LogP contribution in [0, 0.1) is 6.92 Å². The summed E-state index contributed by atoms with van der Waals surface area (Å²) in [5.41, 5.74) is 7.84. The Labute approximate surface area is 118 Å². The standard InChI is InChI=1S/C14H17N3O2S/c1-10-9-16-7-6-14(10)17-20(18,19)13-5-3-4-12(8-13)11(2)15/h3-9,11H,15H2,1-2H3,(H,16,17). The van der Waals surface area contributed by atoms with E-state index in [-0.39, 0.29) is 10.9 Å². The van der Waals surface area contributed by atoms with Crippen molar-refractivity contribution in [2.45, 2.75) is 24.8 Å². The number of pyridine rings is 1. The van der Waals surface area contributed by atoms with Crippen LogP contribution in [-0.2, 0) is 10.0 Å². The van der Waals surface area contributed by atoms with Gasteiger partial charge in [0.1, 0.15) is 0 Å². The molecule has 0 aliphatic carbocycles. The normalized spacial score (nSPS) is 12.9. The number of hydrogen-bond donors (Lipinski definition) is 2. The largest absolute Gasteiger partial charge is 0.324 e. The molecule has 1 aromatic carbocycles. The Morgan fingerprint density at radius 1 is 1.30 bits per heavy atom. The van der Waals surface area contributed by atoms with Crippen molar-refractivity contribution < 1.29 is 8.42 Å². The fraction of sp³-hybridized carbons (Fsp3) is 0.214. The molecule has 5 nitrogen and oxygen atoms in total. The molecule has 0 radical (unpaired) electrons. The molecule has 1 aromatic heterocycles. The Morgan fingerprint density at radius 3 is 2.70 bits per heavy atom. The predicted octanol–water partition coefficient (Wildman–Crippen LogP) is 2.21. The quantitative estimate of drug-likeness (QED) is 0.904. The summed E-state index contributed by atoms with van der Waals surface area (Å²) in [6.45, 7) is 3.61. The highest BCUT2D eigenvalue weighted by Gasteiger charge is 2.16. The minimum Gasteiger partial charge on any atom is -0.324 e. The maximum atomic E-state index is 12.4. The van der Waals surface area contributed by atoms with Gasteiger partial charge in [0, 0.05) is 18.4 Å². The van der Waals surface area contributed by atoms with E-state index in [0.29, 0.717) is 5.69 Å². The second kappa shape index (κ2) is 5.60. The zero-order valence-corrected chi connectivity index (χ0v) is 12.2. The third-order valence-corrected chi connectivity index (χ3v) is 4.32. The van der Waals surface area contributed by atoms with Gasteiger partial charge in [-0.1, -0.05) is 12.1 Å². The van der Waals surface area contributed by atoms with Crippen LogP contribution < -0.4 is 10.5 Å². The van der Waals surface area contributed by atoms with E-state index in [2.05, 4.69) is 9.71 Å². The van der Waals surface area contributed by atoms with Gasteiger partial charge in [0.15, 0.2) is 0 Å². The summed E-state index contributed by atoms with van der Waals surface area (Å²) in [4.78, 5) is 4.13. The molecule has 6 heteroatoms. The summed E-state index contributed by atoms with van der Waals surface area (Å²) >= 11 is 0. The van der Waals surface area contributed by atoms with Gasteiger partial charge in [0.2, 0.25) is 0 Å².